The van der Waals surface area contributed by atoms with Gasteiger partial charge in [-0.1, -0.05) is 11.6 Å². The Morgan fingerprint density at radius 3 is 2.58 bits per heavy atom. The number of rotatable bonds is 11. The summed E-state index contributed by atoms with van der Waals surface area (Å²) in [7, 11) is 0. The molecule has 0 saturated carbocycles. The van der Waals surface area contributed by atoms with E-state index in [1.165, 1.54) is 0 Å². The summed E-state index contributed by atoms with van der Waals surface area (Å²) in [6.45, 7) is 6.81. The molecule has 0 atom stereocenters. The van der Waals surface area contributed by atoms with Gasteiger partial charge in [-0.3, -0.25) is 15.0 Å². The summed E-state index contributed by atoms with van der Waals surface area (Å²) >= 11 is 5.93. The fraction of sp³-hybridized carbons (Fsp3) is 0.346. The van der Waals surface area contributed by atoms with Crippen LogP contribution in [0.3, 0.4) is 0 Å². The number of ether oxygens (including phenoxy) is 1. The van der Waals surface area contributed by atoms with Crippen molar-refractivity contribution in [3.05, 3.63) is 64.3 Å². The van der Waals surface area contributed by atoms with E-state index in [1.807, 2.05) is 23.5 Å². The maximum absolute atomic E-state index is 12.9. The average molecular weight is 512 g/mol. The van der Waals surface area contributed by atoms with Gasteiger partial charge in [0, 0.05) is 68.7 Å². The molecule has 1 aliphatic rings. The molecule has 1 heterocycles. The van der Waals surface area contributed by atoms with Crippen LogP contribution in [-0.2, 0) is 9.53 Å². The molecule has 9 nitrogen and oxygen atoms in total. The van der Waals surface area contributed by atoms with Gasteiger partial charge in [0.2, 0.25) is 0 Å². The number of nitriles is 1. The predicted octanol–water partition coefficient (Wildman–Crippen LogP) is 2.10. The molecule has 0 aromatic heterocycles. The molecule has 0 radical (unpaired) electrons. The number of allylic oxidation sites excluding steroid dienone is 1. The molecular weight excluding hydrogens is 480 g/mol. The minimum Gasteiger partial charge on any atom is -0.394 e. The maximum Gasteiger partial charge on any atom is 0.262 e. The Balaban J connectivity index is 1.63. The summed E-state index contributed by atoms with van der Waals surface area (Å²) in [6, 6.07) is 14.8. The number of nitrogens with one attached hydrogen (secondary N) is 2. The van der Waals surface area contributed by atoms with E-state index < -0.39 is 5.91 Å². The van der Waals surface area contributed by atoms with Gasteiger partial charge in [-0.15, -0.1) is 0 Å². The zero-order valence-electron chi connectivity index (χ0n) is 20.3. The number of aliphatic hydroxyl groups excluding tert-OH is 1. The van der Waals surface area contributed by atoms with E-state index in [0.717, 1.165) is 50.3 Å². The van der Waals surface area contributed by atoms with Crippen LogP contribution in [0, 0.1) is 16.7 Å². The first-order valence-corrected chi connectivity index (χ1v) is 12.2. The lowest BCUT2D eigenvalue weighted by Crippen LogP contribution is -2.75. The second kappa shape index (κ2) is 13.7. The van der Waals surface area contributed by atoms with E-state index in [-0.39, 0.29) is 12.2 Å². The number of anilines is 2. The van der Waals surface area contributed by atoms with Crippen LogP contribution >= 0.6 is 11.6 Å². The first kappa shape index (κ1) is 27.3. The number of nitrogens with zero attached hydrogens (tertiary/aromatic N) is 3. The first-order chi connectivity index (χ1) is 17.4. The number of carbonyl (C=O) groups is 1. The van der Waals surface area contributed by atoms with Gasteiger partial charge in [-0.05, 0) is 30.3 Å². The summed E-state index contributed by atoms with van der Waals surface area (Å²) in [5, 5.41) is 31.6. The molecule has 0 aliphatic carbocycles. The summed E-state index contributed by atoms with van der Waals surface area (Å²) in [5.41, 5.74) is 3.56. The molecule has 1 fully saturated rings. The third-order valence-corrected chi connectivity index (χ3v) is 6.19. The van der Waals surface area contributed by atoms with Crippen molar-refractivity contribution < 1.29 is 20.0 Å². The van der Waals surface area contributed by atoms with Crippen molar-refractivity contribution in [2.24, 2.45) is 0 Å². The topological polar surface area (TPSA) is 129 Å². The molecule has 1 aliphatic heterocycles. The molecule has 0 spiro atoms. The Morgan fingerprint density at radius 1 is 1.22 bits per heavy atom. The van der Waals surface area contributed by atoms with Crippen molar-refractivity contribution in [2.45, 2.75) is 6.92 Å². The Hall–Kier alpha value is -3.26. The van der Waals surface area contributed by atoms with Crippen molar-refractivity contribution in [3.63, 3.8) is 0 Å². The van der Waals surface area contributed by atoms with Crippen molar-refractivity contribution in [3.8, 4) is 6.07 Å². The fourth-order valence-corrected chi connectivity index (χ4v) is 4.12. The lowest BCUT2D eigenvalue weighted by Gasteiger charge is -2.36. The Labute approximate surface area is 216 Å². The number of benzene rings is 2. The summed E-state index contributed by atoms with van der Waals surface area (Å²) in [6.07, 6.45) is 1.03. The number of amides is 1. The standard InChI is InChI=1S/C26H31ClN6O3/c1-19(30-22-4-2-21(27)3-5-22)24(18-29)26(35)31-23-6-7-25(20(16-23)17-28)33-10-8-32(9-11-33)12-14-36-15-13-34/h2-7,16,18,29-30,34H,8-15H2,1H3,(H,31,35)/p+1/b24-19+,29-18?. The van der Waals surface area contributed by atoms with Crippen molar-refractivity contribution in [1.82, 2.24) is 4.90 Å². The third-order valence-electron chi connectivity index (χ3n) is 5.94. The highest BCUT2D eigenvalue weighted by Crippen LogP contribution is 2.25. The molecule has 1 saturated heterocycles. The predicted molar refractivity (Wildman–Crippen MR) is 141 cm³/mol. The van der Waals surface area contributed by atoms with E-state index >= 15 is 0 Å². The van der Waals surface area contributed by atoms with Crippen LogP contribution in [0.2, 0.25) is 5.02 Å². The highest BCUT2D eigenvalue weighted by atomic mass is 35.5. The minimum absolute atomic E-state index is 0.0294. The van der Waals surface area contributed by atoms with Crippen LogP contribution in [0.4, 0.5) is 17.1 Å². The second-order valence-electron chi connectivity index (χ2n) is 8.40. The van der Waals surface area contributed by atoms with Gasteiger partial charge in [0.15, 0.2) is 0 Å². The molecule has 5 N–H and O–H groups in total. The molecule has 36 heavy (non-hydrogen) atoms. The molecule has 190 valence electrons. The SMILES string of the molecule is C/C([NH2+]c1ccc(Cl)cc1)=C(/C=N)C(=O)Nc1ccc(N2CCN(CCOCCO)CC2)c(C#N)c1. The maximum atomic E-state index is 12.9. The van der Waals surface area contributed by atoms with Crippen molar-refractivity contribution >= 4 is 40.8 Å². The van der Waals surface area contributed by atoms with Gasteiger partial charge in [0.1, 0.15) is 23.0 Å². The number of nitrogens with two attached hydrogens (primary N) is 1. The normalized spacial score (nSPS) is 14.7. The third kappa shape index (κ3) is 7.62. The van der Waals surface area contributed by atoms with Gasteiger partial charge in [0.05, 0.1) is 31.1 Å². The Morgan fingerprint density at radius 2 is 1.94 bits per heavy atom. The monoisotopic (exact) mass is 511 g/mol. The highest BCUT2D eigenvalue weighted by Gasteiger charge is 2.20. The number of hydrogen-bond donors (Lipinski definition) is 4. The summed E-state index contributed by atoms with van der Waals surface area (Å²) < 4.78 is 5.35. The molecular formula is C26H32ClN6O3+. The van der Waals surface area contributed by atoms with Gasteiger partial charge in [-0.2, -0.15) is 5.26 Å². The molecule has 2 aromatic carbocycles. The minimum atomic E-state index is -0.415. The van der Waals surface area contributed by atoms with Gasteiger partial charge < -0.3 is 25.5 Å². The Bertz CT molecular complexity index is 1120. The molecule has 0 bridgehead atoms. The smallest absolute Gasteiger partial charge is 0.262 e. The highest BCUT2D eigenvalue weighted by molar-refractivity contribution is 6.30. The van der Waals surface area contributed by atoms with E-state index in [0.29, 0.717) is 35.2 Å². The van der Waals surface area contributed by atoms with Gasteiger partial charge in [-0.25, -0.2) is 0 Å². The van der Waals surface area contributed by atoms with Crippen molar-refractivity contribution in [1.29, 1.82) is 10.7 Å². The zero-order valence-corrected chi connectivity index (χ0v) is 21.1. The average Bonchev–Trinajstić information content (AvgIpc) is 2.89. The van der Waals surface area contributed by atoms with Crippen LogP contribution in [0.25, 0.3) is 0 Å². The number of quaternary nitrogens is 1. The second-order valence-corrected chi connectivity index (χ2v) is 8.84. The Kier molecular flexibility index (Phi) is 10.4. The van der Waals surface area contributed by atoms with E-state index in [2.05, 4.69) is 21.2 Å². The number of halogens is 1. The summed E-state index contributed by atoms with van der Waals surface area (Å²) in [5.74, 6) is -0.415. The fourth-order valence-electron chi connectivity index (χ4n) is 4.00. The van der Waals surface area contributed by atoms with Crippen molar-refractivity contribution in [2.75, 3.05) is 62.8 Å². The quantitative estimate of drug-likeness (QED) is 0.158. The van der Waals surface area contributed by atoms with Crippen LogP contribution in [0.5, 0.6) is 0 Å². The number of piperazine rings is 1. The molecule has 1 amide bonds. The van der Waals surface area contributed by atoms with Crippen LogP contribution in [-0.4, -0.2) is 74.7 Å². The lowest BCUT2D eigenvalue weighted by atomic mass is 10.1. The largest absolute Gasteiger partial charge is 0.394 e. The van der Waals surface area contributed by atoms with E-state index in [1.54, 1.807) is 31.2 Å². The van der Waals surface area contributed by atoms with E-state index in [4.69, 9.17) is 26.9 Å². The molecule has 3 rings (SSSR count). The molecule has 0 unspecified atom stereocenters. The van der Waals surface area contributed by atoms with Crippen LogP contribution in [0.15, 0.2) is 53.7 Å². The lowest BCUT2D eigenvalue weighted by molar-refractivity contribution is -0.517. The number of hydrogen-bond acceptors (Lipinski definition) is 7. The van der Waals surface area contributed by atoms with Gasteiger partial charge in [0.25, 0.3) is 5.91 Å². The number of carbonyl (C=O) groups excluding carboxylic acids is 1. The number of aliphatic hydroxyl groups is 1. The molecule has 10 heteroatoms. The first-order valence-electron chi connectivity index (χ1n) is 11.8. The molecule has 2 aromatic rings. The van der Waals surface area contributed by atoms with E-state index in [9.17, 15) is 10.1 Å². The zero-order chi connectivity index (χ0) is 25.9. The summed E-state index contributed by atoms with van der Waals surface area (Å²) in [4.78, 5) is 17.4. The van der Waals surface area contributed by atoms with Crippen LogP contribution in [0.1, 0.15) is 12.5 Å². The van der Waals surface area contributed by atoms with Gasteiger partial charge >= 0.3 is 0 Å². The van der Waals surface area contributed by atoms with Crippen LogP contribution < -0.4 is 15.5 Å².